The molecule has 0 fully saturated rings. The molecule has 110 valence electrons. The van der Waals surface area contributed by atoms with Crippen LogP contribution in [0.25, 0.3) is 11.1 Å². The number of fused-ring (bicyclic) bond motifs is 3. The molecule has 2 aliphatic carbocycles. The van der Waals surface area contributed by atoms with Crippen LogP contribution < -0.4 is 0 Å². The average Bonchev–Trinajstić information content (AvgIpc) is 2.77. The molecular formula is C21H19I. The molecule has 0 nitrogen and oxygen atoms in total. The fraction of sp³-hybridized carbons (Fsp3) is 0.238. The number of hydrogen-bond donors (Lipinski definition) is 0. The van der Waals surface area contributed by atoms with Crippen molar-refractivity contribution in [1.29, 1.82) is 0 Å². The third kappa shape index (κ3) is 2.10. The SMILES string of the molecule is CC1(C)c2cc(-c3ccc(I)cc3)ccc2[C@@H]2C=CC=CC21. The lowest BCUT2D eigenvalue weighted by molar-refractivity contribution is 0.394. The molecule has 22 heavy (non-hydrogen) atoms. The molecule has 0 saturated heterocycles. The maximum Gasteiger partial charge on any atom is 0.0130 e. The highest BCUT2D eigenvalue weighted by Crippen LogP contribution is 2.53. The van der Waals surface area contributed by atoms with E-state index in [4.69, 9.17) is 0 Å². The highest BCUT2D eigenvalue weighted by Gasteiger charge is 2.44. The van der Waals surface area contributed by atoms with Gasteiger partial charge >= 0.3 is 0 Å². The molecule has 2 aromatic rings. The Labute approximate surface area is 146 Å². The van der Waals surface area contributed by atoms with E-state index < -0.39 is 0 Å². The van der Waals surface area contributed by atoms with Crippen molar-refractivity contribution in [3.8, 4) is 11.1 Å². The molecule has 0 amide bonds. The average molecular weight is 398 g/mol. The van der Waals surface area contributed by atoms with Crippen molar-refractivity contribution in [2.45, 2.75) is 25.2 Å². The number of rotatable bonds is 1. The van der Waals surface area contributed by atoms with Gasteiger partial charge in [0, 0.05) is 9.49 Å². The highest BCUT2D eigenvalue weighted by molar-refractivity contribution is 14.1. The molecule has 4 rings (SSSR count). The smallest absolute Gasteiger partial charge is 0.0130 e. The van der Waals surface area contributed by atoms with Crippen LogP contribution in [0.3, 0.4) is 0 Å². The van der Waals surface area contributed by atoms with Crippen LogP contribution in [0.1, 0.15) is 30.9 Å². The molecule has 2 aromatic carbocycles. The van der Waals surface area contributed by atoms with Crippen molar-refractivity contribution >= 4 is 22.6 Å². The first-order chi connectivity index (χ1) is 10.6. The summed E-state index contributed by atoms with van der Waals surface area (Å²) in [6.07, 6.45) is 9.15. The van der Waals surface area contributed by atoms with Crippen LogP contribution in [-0.2, 0) is 5.41 Å². The molecule has 2 aliphatic rings. The summed E-state index contributed by atoms with van der Waals surface area (Å²) in [5, 5.41) is 0. The maximum atomic E-state index is 2.41. The van der Waals surface area contributed by atoms with Crippen molar-refractivity contribution in [2.75, 3.05) is 0 Å². The van der Waals surface area contributed by atoms with Crippen LogP contribution in [0.15, 0.2) is 66.8 Å². The molecule has 0 N–H and O–H groups in total. The Kier molecular flexibility index (Phi) is 3.30. The van der Waals surface area contributed by atoms with E-state index >= 15 is 0 Å². The summed E-state index contributed by atoms with van der Waals surface area (Å²) in [6.45, 7) is 4.77. The van der Waals surface area contributed by atoms with Gasteiger partial charge < -0.3 is 0 Å². The van der Waals surface area contributed by atoms with Gasteiger partial charge in [0.25, 0.3) is 0 Å². The minimum Gasteiger partial charge on any atom is -0.0796 e. The first kappa shape index (κ1) is 14.3. The second-order valence-corrected chi connectivity index (χ2v) is 8.10. The topological polar surface area (TPSA) is 0 Å². The zero-order valence-electron chi connectivity index (χ0n) is 12.9. The van der Waals surface area contributed by atoms with E-state index in [1.807, 2.05) is 0 Å². The van der Waals surface area contributed by atoms with Gasteiger partial charge in [0.2, 0.25) is 0 Å². The second kappa shape index (κ2) is 5.09. The lowest BCUT2D eigenvalue weighted by Crippen LogP contribution is -2.24. The second-order valence-electron chi connectivity index (χ2n) is 6.85. The van der Waals surface area contributed by atoms with E-state index in [1.165, 1.54) is 25.8 Å². The molecular weight excluding hydrogens is 379 g/mol. The number of allylic oxidation sites excluding steroid dienone is 4. The van der Waals surface area contributed by atoms with Gasteiger partial charge in [-0.2, -0.15) is 0 Å². The van der Waals surface area contributed by atoms with Crippen LogP contribution in [-0.4, -0.2) is 0 Å². The van der Waals surface area contributed by atoms with Crippen LogP contribution in [0, 0.1) is 9.49 Å². The number of hydrogen-bond acceptors (Lipinski definition) is 0. The zero-order chi connectivity index (χ0) is 15.3. The van der Waals surface area contributed by atoms with Gasteiger partial charge in [-0.05, 0) is 68.3 Å². The van der Waals surface area contributed by atoms with Crippen LogP contribution in [0.2, 0.25) is 0 Å². The summed E-state index contributed by atoms with van der Waals surface area (Å²) in [6, 6.07) is 15.8. The third-order valence-electron chi connectivity index (χ3n) is 5.25. The van der Waals surface area contributed by atoms with Crippen molar-refractivity contribution in [1.82, 2.24) is 0 Å². The predicted octanol–water partition coefficient (Wildman–Crippen LogP) is 6.08. The van der Waals surface area contributed by atoms with Gasteiger partial charge in [0.15, 0.2) is 0 Å². The number of benzene rings is 2. The van der Waals surface area contributed by atoms with Gasteiger partial charge in [-0.1, -0.05) is 68.5 Å². The quantitative estimate of drug-likeness (QED) is 0.511. The summed E-state index contributed by atoms with van der Waals surface area (Å²) >= 11 is 2.36. The van der Waals surface area contributed by atoms with E-state index in [0.29, 0.717) is 11.8 Å². The zero-order valence-corrected chi connectivity index (χ0v) is 15.0. The molecule has 0 aromatic heterocycles. The van der Waals surface area contributed by atoms with Crippen molar-refractivity contribution in [3.05, 3.63) is 81.5 Å². The molecule has 1 heteroatoms. The van der Waals surface area contributed by atoms with Gasteiger partial charge in [0.05, 0.1) is 0 Å². The monoisotopic (exact) mass is 398 g/mol. The fourth-order valence-corrected chi connectivity index (χ4v) is 4.36. The van der Waals surface area contributed by atoms with E-state index in [0.717, 1.165) is 0 Å². The van der Waals surface area contributed by atoms with Crippen molar-refractivity contribution < 1.29 is 0 Å². The lowest BCUT2D eigenvalue weighted by Gasteiger charge is -2.29. The summed E-state index contributed by atoms with van der Waals surface area (Å²) in [7, 11) is 0. The van der Waals surface area contributed by atoms with Crippen LogP contribution in [0.4, 0.5) is 0 Å². The summed E-state index contributed by atoms with van der Waals surface area (Å²) < 4.78 is 1.28. The minimum absolute atomic E-state index is 0.195. The molecule has 0 heterocycles. The van der Waals surface area contributed by atoms with Gasteiger partial charge in [-0.3, -0.25) is 0 Å². The van der Waals surface area contributed by atoms with Gasteiger partial charge in [-0.15, -0.1) is 0 Å². The summed E-state index contributed by atoms with van der Waals surface area (Å²) in [5.74, 6) is 1.13. The van der Waals surface area contributed by atoms with Crippen molar-refractivity contribution in [2.24, 2.45) is 5.92 Å². The van der Waals surface area contributed by atoms with Crippen molar-refractivity contribution in [3.63, 3.8) is 0 Å². The normalized spacial score (nSPS) is 24.1. The van der Waals surface area contributed by atoms with Gasteiger partial charge in [-0.25, -0.2) is 0 Å². The van der Waals surface area contributed by atoms with Crippen LogP contribution >= 0.6 is 22.6 Å². The molecule has 0 saturated carbocycles. The molecule has 0 bridgehead atoms. The standard InChI is InChI=1S/C21H19I/c1-21(2)19-6-4-3-5-17(19)18-12-9-15(13-20(18)21)14-7-10-16(22)11-8-14/h3-13,17,19H,1-2H3/t17-,19?/m0/s1. The third-order valence-corrected chi connectivity index (χ3v) is 5.97. The molecule has 0 radical (unpaired) electrons. The maximum absolute atomic E-state index is 2.41. The van der Waals surface area contributed by atoms with E-state index in [1.54, 1.807) is 0 Å². The summed E-state index contributed by atoms with van der Waals surface area (Å²) in [5.41, 5.74) is 5.84. The predicted molar refractivity (Wildman–Crippen MR) is 102 cm³/mol. The first-order valence-electron chi connectivity index (χ1n) is 7.83. The largest absolute Gasteiger partial charge is 0.0796 e. The Morgan fingerprint density at radius 2 is 1.55 bits per heavy atom. The first-order valence-corrected chi connectivity index (χ1v) is 8.90. The molecule has 2 atom stereocenters. The van der Waals surface area contributed by atoms with E-state index in [2.05, 4.69) is 103 Å². The Morgan fingerprint density at radius 1 is 0.864 bits per heavy atom. The van der Waals surface area contributed by atoms with Gasteiger partial charge in [0.1, 0.15) is 0 Å². The van der Waals surface area contributed by atoms with E-state index in [9.17, 15) is 0 Å². The van der Waals surface area contributed by atoms with Crippen LogP contribution in [0.5, 0.6) is 0 Å². The van der Waals surface area contributed by atoms with E-state index in [-0.39, 0.29) is 5.41 Å². The Bertz CT molecular complexity index is 778. The Balaban J connectivity index is 1.84. The minimum atomic E-state index is 0.195. The molecule has 1 unspecified atom stereocenters. The molecule has 0 spiro atoms. The number of halogens is 1. The summed E-state index contributed by atoms with van der Waals surface area (Å²) in [4.78, 5) is 0. The highest BCUT2D eigenvalue weighted by atomic mass is 127. The Hall–Kier alpha value is -1.35. The molecule has 0 aliphatic heterocycles. The lowest BCUT2D eigenvalue weighted by atomic mass is 9.74. The fourth-order valence-electron chi connectivity index (χ4n) is 4.00. The Morgan fingerprint density at radius 3 is 2.32 bits per heavy atom.